The van der Waals surface area contributed by atoms with Gasteiger partial charge in [-0.2, -0.15) is 0 Å². The number of hydrogen-bond donors (Lipinski definition) is 2. The van der Waals surface area contributed by atoms with Gasteiger partial charge in [0.1, 0.15) is 42.3 Å². The van der Waals surface area contributed by atoms with E-state index >= 15 is 0 Å². The Labute approximate surface area is 414 Å². The fourth-order valence-electron chi connectivity index (χ4n) is 10.3. The van der Waals surface area contributed by atoms with Crippen molar-refractivity contribution in [3.8, 4) is 23.0 Å². The highest BCUT2D eigenvalue weighted by Crippen LogP contribution is 2.62. The number of unbranched alkanes of at least 4 members (excludes halogenated alkanes) is 2. The molecule has 2 N–H and O–H groups in total. The number of carbonyl (C=O) groups is 2. The number of methoxy groups -OCH3 is 1. The molecule has 71 heavy (non-hydrogen) atoms. The van der Waals surface area contributed by atoms with E-state index in [0.29, 0.717) is 72.0 Å². The van der Waals surface area contributed by atoms with Gasteiger partial charge >= 0.3 is 6.09 Å². The van der Waals surface area contributed by atoms with Gasteiger partial charge in [0, 0.05) is 49.8 Å². The third-order valence-electron chi connectivity index (χ3n) is 13.4. The van der Waals surface area contributed by atoms with Crippen LogP contribution in [-0.4, -0.2) is 96.6 Å². The molecular formula is C55H65N3O13. The number of rotatable bonds is 27. The first-order valence-electron chi connectivity index (χ1n) is 24.5. The summed E-state index contributed by atoms with van der Waals surface area (Å²) in [4.78, 5) is 45.5. The highest BCUT2D eigenvalue weighted by Gasteiger charge is 2.65. The molecule has 4 aromatic carbocycles. The van der Waals surface area contributed by atoms with Crippen molar-refractivity contribution in [2.45, 2.75) is 89.3 Å². The zero-order valence-corrected chi connectivity index (χ0v) is 40.5. The molecule has 6 unspecified atom stereocenters. The maximum atomic E-state index is 14.7. The number of allylic oxidation sites excluding steroid dienone is 1. The summed E-state index contributed by atoms with van der Waals surface area (Å²) in [5.74, 6) is -0.712. The van der Waals surface area contributed by atoms with Crippen LogP contribution in [0.1, 0.15) is 91.3 Å². The zero-order chi connectivity index (χ0) is 50.2. The maximum absolute atomic E-state index is 14.7. The summed E-state index contributed by atoms with van der Waals surface area (Å²) < 4.78 is 38.2. The number of benzene rings is 4. The Hall–Kier alpha value is -6.59. The molecule has 0 spiro atoms. The molecule has 1 heterocycles. The van der Waals surface area contributed by atoms with E-state index in [1.165, 1.54) is 19.2 Å². The molecule has 0 saturated heterocycles. The lowest BCUT2D eigenvalue weighted by Crippen LogP contribution is -2.70. The van der Waals surface area contributed by atoms with Gasteiger partial charge in [-0.1, -0.05) is 67.4 Å². The second-order valence-electron chi connectivity index (χ2n) is 17.9. The van der Waals surface area contributed by atoms with Crippen molar-refractivity contribution in [3.63, 3.8) is 0 Å². The van der Waals surface area contributed by atoms with Gasteiger partial charge in [0.25, 0.3) is 5.69 Å². The van der Waals surface area contributed by atoms with Crippen LogP contribution >= 0.6 is 0 Å². The van der Waals surface area contributed by atoms with Crippen molar-refractivity contribution >= 4 is 23.8 Å². The minimum absolute atomic E-state index is 0.00687. The lowest BCUT2D eigenvalue weighted by atomic mass is 9.55. The number of aldehydes is 1. The average Bonchev–Trinajstić information content (AvgIpc) is 3.39. The number of oxime groups is 1. The van der Waals surface area contributed by atoms with Crippen LogP contribution in [0.4, 0.5) is 10.5 Å². The summed E-state index contributed by atoms with van der Waals surface area (Å²) in [5.41, 5.74) is 4.19. The van der Waals surface area contributed by atoms with Crippen LogP contribution in [0.5, 0.6) is 23.0 Å². The normalized spacial score (nSPS) is 21.4. The zero-order valence-electron chi connectivity index (χ0n) is 40.5. The van der Waals surface area contributed by atoms with E-state index < -0.39 is 28.8 Å². The van der Waals surface area contributed by atoms with Crippen molar-refractivity contribution < 1.29 is 58.0 Å². The number of nitro groups is 1. The van der Waals surface area contributed by atoms with Gasteiger partial charge in [-0.3, -0.25) is 19.8 Å². The topological polar surface area (TPSA) is 198 Å². The first-order chi connectivity index (χ1) is 34.7. The first-order valence-corrected chi connectivity index (χ1v) is 24.5. The highest BCUT2D eigenvalue weighted by molar-refractivity contribution is 6.03. The third kappa shape index (κ3) is 12.5. The Kier molecular flexibility index (Phi) is 18.8. The van der Waals surface area contributed by atoms with Gasteiger partial charge < -0.3 is 43.5 Å². The number of nitrogens with zero attached hydrogens (tertiary/aromatic N) is 3. The Morgan fingerprint density at radius 3 is 2.38 bits per heavy atom. The molecule has 7 rings (SSSR count). The molecule has 0 radical (unpaired) electrons. The van der Waals surface area contributed by atoms with E-state index in [9.17, 15) is 29.9 Å². The summed E-state index contributed by atoms with van der Waals surface area (Å²) >= 11 is 0. The molecule has 2 aliphatic carbocycles. The molecule has 0 bridgehead atoms. The number of fused-ring (bicyclic) bond motifs is 2. The van der Waals surface area contributed by atoms with Crippen molar-refractivity contribution in [2.24, 2.45) is 22.9 Å². The summed E-state index contributed by atoms with van der Waals surface area (Å²) in [6.07, 6.45) is 8.87. The molecule has 0 aromatic heterocycles. The SMILES string of the molecule is C=CCOC12Oc3ccc(Oc4ccc(OC)c(C=O)c4)cc3C3C(CCCCO)C(CCCCO)C=C(C(=NOCc4ccc([N+](=O)[O-])cc4)CC1N(CCC)C(=O)OCCOCc1ccccc1)C32. The number of amides is 1. The van der Waals surface area contributed by atoms with Gasteiger partial charge in [-0.05, 0) is 109 Å². The van der Waals surface area contributed by atoms with E-state index in [2.05, 4.69) is 12.7 Å². The number of aliphatic hydroxyl groups excluding tert-OH is 2. The Bertz CT molecular complexity index is 2480. The van der Waals surface area contributed by atoms with Gasteiger partial charge in [-0.15, -0.1) is 6.58 Å². The monoisotopic (exact) mass is 975 g/mol. The van der Waals surface area contributed by atoms with Crippen molar-refractivity contribution in [1.82, 2.24) is 4.90 Å². The summed E-state index contributed by atoms with van der Waals surface area (Å²) in [7, 11) is 1.50. The second kappa shape index (κ2) is 25.5. The Balaban J connectivity index is 1.36. The van der Waals surface area contributed by atoms with E-state index in [1.807, 2.05) is 49.4 Å². The maximum Gasteiger partial charge on any atom is 0.410 e. The highest BCUT2D eigenvalue weighted by atomic mass is 16.7. The van der Waals surface area contributed by atoms with Crippen LogP contribution < -0.4 is 14.2 Å². The summed E-state index contributed by atoms with van der Waals surface area (Å²) in [6.45, 7) is 6.95. The number of hydrogen-bond acceptors (Lipinski definition) is 14. The Morgan fingerprint density at radius 1 is 0.944 bits per heavy atom. The molecule has 1 aliphatic heterocycles. The minimum atomic E-state index is -1.53. The standard InChI is InChI=1S/C55H65N3O13/c1-4-25-57(54(62)67-30-29-66-36-38-13-7-6-8-14-38)51-34-48(56-69-37-39-17-19-42(20-18-39)58(63)64)46-32-40(15-9-11-26-59)45(16-10-12-27-60)52-47-33-44(70-43-21-23-49(65-3)41(31-43)35-61)22-24-50(47)71-55(51,53(46)52)68-28-5-2/h5-8,13-14,17-24,31-33,35,40,45,51-53,59-60H,2,4,9-12,15-16,25-30,34,36-37H2,1,3H3. The van der Waals surface area contributed by atoms with Crippen molar-refractivity contribution in [2.75, 3.05) is 46.7 Å². The molecule has 378 valence electrons. The molecule has 1 saturated carbocycles. The fraction of sp³-hybridized carbons (Fsp3) is 0.436. The van der Waals surface area contributed by atoms with Gasteiger partial charge in [0.15, 0.2) is 6.29 Å². The number of ether oxygens (including phenoxy) is 6. The molecule has 16 heteroatoms. The molecule has 4 aromatic rings. The summed E-state index contributed by atoms with van der Waals surface area (Å²) in [5, 5.41) is 36.3. The lowest BCUT2D eigenvalue weighted by Gasteiger charge is -2.59. The van der Waals surface area contributed by atoms with Crippen molar-refractivity contribution in [1.29, 1.82) is 0 Å². The Morgan fingerprint density at radius 2 is 1.68 bits per heavy atom. The van der Waals surface area contributed by atoms with Crippen molar-refractivity contribution in [3.05, 3.63) is 148 Å². The van der Waals surface area contributed by atoms with Crippen LogP contribution in [0.2, 0.25) is 0 Å². The van der Waals surface area contributed by atoms with E-state index in [-0.39, 0.29) is 76.0 Å². The van der Waals surface area contributed by atoms with Crippen LogP contribution in [-0.2, 0) is 32.3 Å². The molecule has 3 aliphatic rings. The predicted molar refractivity (Wildman–Crippen MR) is 266 cm³/mol. The van der Waals surface area contributed by atoms with Crippen LogP contribution in [0.3, 0.4) is 0 Å². The van der Waals surface area contributed by atoms with E-state index in [4.69, 9.17) is 38.4 Å². The number of non-ortho nitro benzene ring substituents is 1. The lowest BCUT2D eigenvalue weighted by molar-refractivity contribution is -0.384. The number of aliphatic hydroxyl groups is 2. The molecule has 16 nitrogen and oxygen atoms in total. The molecular weight excluding hydrogens is 911 g/mol. The van der Waals surface area contributed by atoms with E-state index in [1.54, 1.807) is 47.4 Å². The largest absolute Gasteiger partial charge is 0.496 e. The van der Waals surface area contributed by atoms with Gasteiger partial charge in [0.2, 0.25) is 5.79 Å². The van der Waals surface area contributed by atoms with E-state index in [0.717, 1.165) is 42.4 Å². The summed E-state index contributed by atoms with van der Waals surface area (Å²) in [6, 6.07) is 25.6. The molecule has 1 fully saturated rings. The predicted octanol–water partition coefficient (Wildman–Crippen LogP) is 10.1. The van der Waals surface area contributed by atoms with Gasteiger partial charge in [0.05, 0.1) is 49.0 Å². The molecule has 6 atom stereocenters. The second-order valence-corrected chi connectivity index (χ2v) is 17.9. The van der Waals surface area contributed by atoms with Crippen LogP contribution in [0.15, 0.2) is 120 Å². The third-order valence-corrected chi connectivity index (χ3v) is 13.4. The first kappa shape index (κ1) is 52.2. The van der Waals surface area contributed by atoms with Crippen LogP contribution in [0.25, 0.3) is 0 Å². The average molecular weight is 976 g/mol. The smallest absolute Gasteiger partial charge is 0.410 e. The van der Waals surface area contributed by atoms with Crippen LogP contribution in [0, 0.1) is 27.9 Å². The quantitative estimate of drug-likeness (QED) is 0.0188. The minimum Gasteiger partial charge on any atom is -0.496 e. The number of carbonyl (C=O) groups excluding carboxylic acids is 2. The number of nitro benzene ring substituents is 1. The fourth-order valence-corrected chi connectivity index (χ4v) is 10.3. The van der Waals surface area contributed by atoms with Gasteiger partial charge in [-0.25, -0.2) is 4.79 Å². The molecule has 1 amide bonds.